The van der Waals surface area contributed by atoms with Crippen LogP contribution in [-0.4, -0.2) is 27.4 Å². The van der Waals surface area contributed by atoms with E-state index in [1.807, 2.05) is 12.1 Å². The van der Waals surface area contributed by atoms with Crippen LogP contribution in [-0.2, 0) is 12.6 Å². The minimum atomic E-state index is -4.55. The molecule has 2 N–H and O–H groups in total. The van der Waals surface area contributed by atoms with E-state index in [0.717, 1.165) is 5.69 Å². The highest BCUT2D eigenvalue weighted by Gasteiger charge is 2.34. The van der Waals surface area contributed by atoms with E-state index < -0.39 is 12.0 Å². The molecule has 8 heteroatoms. The van der Waals surface area contributed by atoms with Gasteiger partial charge in [0, 0.05) is 30.4 Å². The van der Waals surface area contributed by atoms with Gasteiger partial charge in [0.2, 0.25) is 5.82 Å². The van der Waals surface area contributed by atoms with Crippen molar-refractivity contribution in [3.8, 4) is 0 Å². The smallest absolute Gasteiger partial charge is 0.352 e. The number of nitrogens with one attached hydrogen (secondary N) is 2. The minimum absolute atomic E-state index is 0.160. The van der Waals surface area contributed by atoms with Crippen LogP contribution in [0.15, 0.2) is 42.6 Å². The van der Waals surface area contributed by atoms with Crippen LogP contribution in [0.1, 0.15) is 21.9 Å². The van der Waals surface area contributed by atoms with Gasteiger partial charge in [0.05, 0.1) is 11.0 Å². The SMILES string of the molecule is O=C(NCCc1ccccn1)c1ccc2nc(C(F)(F)F)[nH]c2c1. The van der Waals surface area contributed by atoms with Gasteiger partial charge < -0.3 is 10.3 Å². The third-order valence-electron chi connectivity index (χ3n) is 3.41. The summed E-state index contributed by atoms with van der Waals surface area (Å²) in [6.07, 6.45) is -2.32. The van der Waals surface area contributed by atoms with Gasteiger partial charge in [-0.05, 0) is 30.3 Å². The van der Waals surface area contributed by atoms with E-state index in [1.165, 1.54) is 18.2 Å². The molecule has 5 nitrogen and oxygen atoms in total. The zero-order chi connectivity index (χ0) is 17.2. The molecule has 0 unspecified atom stereocenters. The summed E-state index contributed by atoms with van der Waals surface area (Å²) in [6, 6.07) is 9.69. The number of amides is 1. The minimum Gasteiger partial charge on any atom is -0.352 e. The van der Waals surface area contributed by atoms with E-state index in [2.05, 4.69) is 20.3 Å². The fourth-order valence-corrected chi connectivity index (χ4v) is 2.24. The number of H-pyrrole nitrogens is 1. The molecule has 0 radical (unpaired) electrons. The Labute approximate surface area is 134 Å². The lowest BCUT2D eigenvalue weighted by atomic mass is 10.2. The second-order valence-corrected chi connectivity index (χ2v) is 5.14. The summed E-state index contributed by atoms with van der Waals surface area (Å²) in [7, 11) is 0. The number of carbonyl (C=O) groups is 1. The van der Waals surface area contributed by atoms with E-state index in [4.69, 9.17) is 0 Å². The van der Waals surface area contributed by atoms with Crippen LogP contribution in [0.2, 0.25) is 0 Å². The first-order valence-electron chi connectivity index (χ1n) is 7.18. The first-order chi connectivity index (χ1) is 11.4. The number of alkyl halides is 3. The van der Waals surface area contributed by atoms with Crippen molar-refractivity contribution in [3.05, 3.63) is 59.7 Å². The molecule has 1 amide bonds. The Morgan fingerprint density at radius 1 is 1.21 bits per heavy atom. The third-order valence-corrected chi connectivity index (χ3v) is 3.41. The molecule has 2 aromatic heterocycles. The maximum absolute atomic E-state index is 12.6. The molecule has 0 atom stereocenters. The van der Waals surface area contributed by atoms with Gasteiger partial charge in [-0.1, -0.05) is 6.07 Å². The van der Waals surface area contributed by atoms with Crippen molar-refractivity contribution in [1.29, 1.82) is 0 Å². The molecule has 0 bridgehead atoms. The summed E-state index contributed by atoms with van der Waals surface area (Å²) in [5.41, 5.74) is 1.43. The van der Waals surface area contributed by atoms with Crippen LogP contribution in [0.5, 0.6) is 0 Å². The molecule has 124 valence electrons. The van der Waals surface area contributed by atoms with Gasteiger partial charge in [0.15, 0.2) is 0 Å². The standard InChI is InChI=1S/C16H13F3N4O/c17-16(18,19)15-22-12-5-4-10(9-13(12)23-15)14(24)21-8-6-11-3-1-2-7-20-11/h1-5,7,9H,6,8H2,(H,21,24)(H,22,23). The van der Waals surface area contributed by atoms with Crippen LogP contribution < -0.4 is 5.32 Å². The molecular formula is C16H13F3N4O. The summed E-state index contributed by atoms with van der Waals surface area (Å²) >= 11 is 0. The Balaban J connectivity index is 1.68. The van der Waals surface area contributed by atoms with E-state index in [1.54, 1.807) is 12.3 Å². The highest BCUT2D eigenvalue weighted by atomic mass is 19.4. The quantitative estimate of drug-likeness (QED) is 0.771. The number of carbonyl (C=O) groups excluding carboxylic acids is 1. The second-order valence-electron chi connectivity index (χ2n) is 5.14. The van der Waals surface area contributed by atoms with Gasteiger partial charge in [0.25, 0.3) is 5.91 Å². The number of halogens is 3. The first kappa shape index (κ1) is 16.0. The number of benzene rings is 1. The van der Waals surface area contributed by atoms with E-state index in [0.29, 0.717) is 13.0 Å². The summed E-state index contributed by atoms with van der Waals surface area (Å²) in [5, 5.41) is 2.71. The van der Waals surface area contributed by atoms with E-state index in [-0.39, 0.29) is 22.5 Å². The molecule has 0 aliphatic rings. The number of hydrogen-bond donors (Lipinski definition) is 2. The molecule has 0 saturated carbocycles. The lowest BCUT2D eigenvalue weighted by Gasteiger charge is -2.05. The number of nitrogens with zero attached hydrogens (tertiary/aromatic N) is 2. The molecule has 0 spiro atoms. The van der Waals surface area contributed by atoms with Crippen LogP contribution in [0.25, 0.3) is 11.0 Å². The van der Waals surface area contributed by atoms with Crippen molar-refractivity contribution < 1.29 is 18.0 Å². The zero-order valence-electron chi connectivity index (χ0n) is 12.4. The van der Waals surface area contributed by atoms with Gasteiger partial charge in [0.1, 0.15) is 0 Å². The number of aromatic nitrogens is 3. The molecular weight excluding hydrogens is 321 g/mol. The van der Waals surface area contributed by atoms with Crippen molar-refractivity contribution in [3.63, 3.8) is 0 Å². The van der Waals surface area contributed by atoms with Crippen molar-refractivity contribution in [2.24, 2.45) is 0 Å². The van der Waals surface area contributed by atoms with Crippen molar-refractivity contribution in [2.75, 3.05) is 6.54 Å². The van der Waals surface area contributed by atoms with Crippen LogP contribution in [0.3, 0.4) is 0 Å². The summed E-state index contributed by atoms with van der Waals surface area (Å²) in [6.45, 7) is 0.380. The fraction of sp³-hybridized carbons (Fsp3) is 0.188. The highest BCUT2D eigenvalue weighted by Crippen LogP contribution is 2.28. The maximum atomic E-state index is 12.6. The maximum Gasteiger partial charge on any atom is 0.449 e. The van der Waals surface area contributed by atoms with Crippen LogP contribution in [0.4, 0.5) is 13.2 Å². The average Bonchev–Trinajstić information content (AvgIpc) is 2.99. The first-order valence-corrected chi connectivity index (χ1v) is 7.18. The lowest BCUT2D eigenvalue weighted by molar-refractivity contribution is -0.144. The number of hydrogen-bond acceptors (Lipinski definition) is 3. The lowest BCUT2D eigenvalue weighted by Crippen LogP contribution is -2.25. The monoisotopic (exact) mass is 334 g/mol. The van der Waals surface area contributed by atoms with Crippen LogP contribution in [0, 0.1) is 0 Å². The molecule has 0 aliphatic carbocycles. The van der Waals surface area contributed by atoms with E-state index >= 15 is 0 Å². The molecule has 3 rings (SSSR count). The predicted octanol–water partition coefficient (Wildman–Crippen LogP) is 2.95. The van der Waals surface area contributed by atoms with Gasteiger partial charge in [-0.25, -0.2) is 4.98 Å². The number of rotatable bonds is 4. The Kier molecular flexibility index (Phi) is 4.20. The molecule has 24 heavy (non-hydrogen) atoms. The Morgan fingerprint density at radius 2 is 2.04 bits per heavy atom. The average molecular weight is 334 g/mol. The molecule has 1 aromatic carbocycles. The summed E-state index contributed by atoms with van der Waals surface area (Å²) < 4.78 is 37.9. The van der Waals surface area contributed by atoms with E-state index in [9.17, 15) is 18.0 Å². The number of aromatic amines is 1. The van der Waals surface area contributed by atoms with Crippen molar-refractivity contribution in [1.82, 2.24) is 20.3 Å². The Morgan fingerprint density at radius 3 is 2.75 bits per heavy atom. The van der Waals surface area contributed by atoms with Crippen molar-refractivity contribution in [2.45, 2.75) is 12.6 Å². The van der Waals surface area contributed by atoms with Crippen LogP contribution >= 0.6 is 0 Å². The Bertz CT molecular complexity index is 859. The predicted molar refractivity (Wildman–Crippen MR) is 81.4 cm³/mol. The second kappa shape index (κ2) is 6.31. The van der Waals surface area contributed by atoms with Crippen molar-refractivity contribution >= 4 is 16.9 Å². The molecule has 2 heterocycles. The number of imidazole rings is 1. The highest BCUT2D eigenvalue weighted by molar-refractivity contribution is 5.97. The van der Waals surface area contributed by atoms with Gasteiger partial charge in [-0.3, -0.25) is 9.78 Å². The fourth-order valence-electron chi connectivity index (χ4n) is 2.24. The topological polar surface area (TPSA) is 70.7 Å². The molecule has 0 saturated heterocycles. The van der Waals surface area contributed by atoms with Gasteiger partial charge in [-0.15, -0.1) is 0 Å². The third kappa shape index (κ3) is 3.53. The number of pyridine rings is 1. The summed E-state index contributed by atoms with van der Waals surface area (Å²) in [5.74, 6) is -1.44. The molecule has 0 aliphatic heterocycles. The van der Waals surface area contributed by atoms with Gasteiger partial charge >= 0.3 is 6.18 Å². The normalized spacial score (nSPS) is 11.6. The Hall–Kier alpha value is -2.90. The molecule has 0 fully saturated rings. The summed E-state index contributed by atoms with van der Waals surface area (Å²) in [4.78, 5) is 21.9. The number of fused-ring (bicyclic) bond motifs is 1. The molecule has 3 aromatic rings. The van der Waals surface area contributed by atoms with Gasteiger partial charge in [-0.2, -0.15) is 13.2 Å². The zero-order valence-corrected chi connectivity index (χ0v) is 12.4. The largest absolute Gasteiger partial charge is 0.449 e.